The van der Waals surface area contributed by atoms with Gasteiger partial charge in [0.05, 0.1) is 0 Å². The number of hydrogen-bond acceptors (Lipinski definition) is 4. The zero-order chi connectivity index (χ0) is 9.90. The SMILES string of the molecule is CCCC1OCC(C)([N+](=O)[O-])CO1. The second-order valence-corrected chi connectivity index (χ2v) is 3.59. The van der Waals surface area contributed by atoms with Crippen LogP contribution >= 0.6 is 0 Å². The summed E-state index contributed by atoms with van der Waals surface area (Å²) in [5.41, 5.74) is -1.07. The topological polar surface area (TPSA) is 61.6 Å². The molecule has 5 heteroatoms. The van der Waals surface area contributed by atoms with Crippen molar-refractivity contribution in [2.75, 3.05) is 13.2 Å². The largest absolute Gasteiger partial charge is 0.345 e. The second kappa shape index (κ2) is 4.02. The molecule has 5 nitrogen and oxygen atoms in total. The van der Waals surface area contributed by atoms with E-state index in [1.54, 1.807) is 0 Å². The van der Waals surface area contributed by atoms with Crippen LogP contribution < -0.4 is 0 Å². The number of nitro groups is 1. The van der Waals surface area contributed by atoms with Crippen LogP contribution in [0.15, 0.2) is 0 Å². The number of nitrogens with zero attached hydrogens (tertiary/aromatic N) is 1. The molecule has 13 heavy (non-hydrogen) atoms. The van der Waals surface area contributed by atoms with Crippen LogP contribution in [0.3, 0.4) is 0 Å². The molecule has 1 saturated heterocycles. The minimum atomic E-state index is -1.07. The molecule has 1 rings (SSSR count). The fraction of sp³-hybridized carbons (Fsp3) is 1.00. The van der Waals surface area contributed by atoms with Gasteiger partial charge in [-0.2, -0.15) is 0 Å². The standard InChI is InChI=1S/C8H15NO4/c1-3-4-7-12-5-8(2,6-13-7)9(10)11/h7H,3-6H2,1-2H3. The lowest BCUT2D eigenvalue weighted by atomic mass is 10.1. The maximum Gasteiger partial charge on any atom is 0.265 e. The van der Waals surface area contributed by atoms with Gasteiger partial charge in [0, 0.05) is 11.8 Å². The van der Waals surface area contributed by atoms with E-state index in [-0.39, 0.29) is 24.4 Å². The van der Waals surface area contributed by atoms with E-state index in [1.807, 2.05) is 6.92 Å². The van der Waals surface area contributed by atoms with Crippen LogP contribution in [0.25, 0.3) is 0 Å². The van der Waals surface area contributed by atoms with Crippen molar-refractivity contribution >= 4 is 0 Å². The Kier molecular flexibility index (Phi) is 3.22. The van der Waals surface area contributed by atoms with Crippen molar-refractivity contribution in [2.45, 2.75) is 38.5 Å². The zero-order valence-corrected chi connectivity index (χ0v) is 7.99. The van der Waals surface area contributed by atoms with E-state index < -0.39 is 5.54 Å². The van der Waals surface area contributed by atoms with E-state index in [0.717, 1.165) is 12.8 Å². The maximum atomic E-state index is 10.6. The molecule has 0 aliphatic carbocycles. The number of ether oxygens (including phenoxy) is 2. The Morgan fingerprint density at radius 1 is 1.54 bits per heavy atom. The Morgan fingerprint density at radius 2 is 2.08 bits per heavy atom. The lowest BCUT2D eigenvalue weighted by molar-refractivity contribution is -0.586. The molecule has 0 N–H and O–H groups in total. The van der Waals surface area contributed by atoms with Crippen LogP contribution in [0.1, 0.15) is 26.7 Å². The van der Waals surface area contributed by atoms with Crippen molar-refractivity contribution in [3.8, 4) is 0 Å². The van der Waals surface area contributed by atoms with E-state index in [2.05, 4.69) is 0 Å². The normalized spacial score (nSPS) is 34.5. The highest BCUT2D eigenvalue weighted by Crippen LogP contribution is 2.20. The summed E-state index contributed by atoms with van der Waals surface area (Å²) in [7, 11) is 0. The highest BCUT2D eigenvalue weighted by Gasteiger charge is 2.42. The summed E-state index contributed by atoms with van der Waals surface area (Å²) in [5, 5.41) is 10.6. The summed E-state index contributed by atoms with van der Waals surface area (Å²) >= 11 is 0. The van der Waals surface area contributed by atoms with E-state index in [4.69, 9.17) is 9.47 Å². The van der Waals surface area contributed by atoms with Gasteiger partial charge in [-0.15, -0.1) is 0 Å². The molecule has 0 bridgehead atoms. The molecule has 1 aliphatic rings. The molecule has 0 spiro atoms. The van der Waals surface area contributed by atoms with Crippen molar-refractivity contribution in [3.63, 3.8) is 0 Å². The van der Waals surface area contributed by atoms with Gasteiger partial charge in [0.1, 0.15) is 13.2 Å². The van der Waals surface area contributed by atoms with E-state index in [9.17, 15) is 10.1 Å². The first-order valence-electron chi connectivity index (χ1n) is 4.46. The van der Waals surface area contributed by atoms with E-state index in [0.29, 0.717) is 0 Å². The summed E-state index contributed by atoms with van der Waals surface area (Å²) < 4.78 is 10.5. The lowest BCUT2D eigenvalue weighted by Crippen LogP contribution is -2.50. The van der Waals surface area contributed by atoms with Crippen LogP contribution in [0.2, 0.25) is 0 Å². The summed E-state index contributed by atoms with van der Waals surface area (Å²) in [6, 6.07) is 0. The van der Waals surface area contributed by atoms with Crippen molar-refractivity contribution in [2.24, 2.45) is 0 Å². The van der Waals surface area contributed by atoms with Gasteiger partial charge in [-0.25, -0.2) is 0 Å². The van der Waals surface area contributed by atoms with Gasteiger partial charge in [0.2, 0.25) is 0 Å². The van der Waals surface area contributed by atoms with Crippen LogP contribution in [0.4, 0.5) is 0 Å². The van der Waals surface area contributed by atoms with Crippen molar-refractivity contribution in [1.82, 2.24) is 0 Å². The molecule has 0 radical (unpaired) electrons. The highest BCUT2D eigenvalue weighted by atomic mass is 16.7. The van der Waals surface area contributed by atoms with Crippen molar-refractivity contribution in [1.29, 1.82) is 0 Å². The molecule has 0 aromatic heterocycles. The molecule has 1 heterocycles. The van der Waals surface area contributed by atoms with E-state index >= 15 is 0 Å². The average Bonchev–Trinajstić information content (AvgIpc) is 2.09. The van der Waals surface area contributed by atoms with E-state index in [1.165, 1.54) is 6.92 Å². The summed E-state index contributed by atoms with van der Waals surface area (Å²) in [6.07, 6.45) is 1.51. The van der Waals surface area contributed by atoms with Gasteiger partial charge in [0.15, 0.2) is 6.29 Å². The van der Waals surface area contributed by atoms with Crippen molar-refractivity contribution < 1.29 is 14.4 Å². The molecule has 0 unspecified atom stereocenters. The molecule has 0 saturated carbocycles. The maximum absolute atomic E-state index is 10.6. The first-order valence-corrected chi connectivity index (χ1v) is 4.46. The van der Waals surface area contributed by atoms with Gasteiger partial charge in [0.25, 0.3) is 5.54 Å². The molecule has 76 valence electrons. The highest BCUT2D eigenvalue weighted by molar-refractivity contribution is 4.76. The molecule has 0 atom stereocenters. The fourth-order valence-electron chi connectivity index (χ4n) is 1.14. The number of hydrogen-bond donors (Lipinski definition) is 0. The third kappa shape index (κ3) is 2.38. The number of rotatable bonds is 3. The Balaban J connectivity index is 2.42. The Bertz CT molecular complexity index is 187. The summed E-state index contributed by atoms with van der Waals surface area (Å²) in [5.74, 6) is 0. The molecule has 0 aromatic rings. The predicted molar refractivity (Wildman–Crippen MR) is 46.0 cm³/mol. The zero-order valence-electron chi connectivity index (χ0n) is 7.99. The summed E-state index contributed by atoms with van der Waals surface area (Å²) in [4.78, 5) is 10.2. The van der Waals surface area contributed by atoms with Crippen molar-refractivity contribution in [3.05, 3.63) is 10.1 Å². The first kappa shape index (κ1) is 10.4. The molecule has 0 amide bonds. The monoisotopic (exact) mass is 189 g/mol. The molecular weight excluding hydrogens is 174 g/mol. The van der Waals surface area contributed by atoms with Crippen LogP contribution in [-0.2, 0) is 9.47 Å². The molecule has 1 aliphatic heterocycles. The third-order valence-corrected chi connectivity index (χ3v) is 2.13. The van der Waals surface area contributed by atoms with Crippen LogP contribution in [0, 0.1) is 10.1 Å². The minimum Gasteiger partial charge on any atom is -0.345 e. The molecule has 1 fully saturated rings. The first-order chi connectivity index (χ1) is 6.08. The fourth-order valence-corrected chi connectivity index (χ4v) is 1.14. The predicted octanol–water partition coefficient (Wildman–Crippen LogP) is 1.19. The second-order valence-electron chi connectivity index (χ2n) is 3.59. The third-order valence-electron chi connectivity index (χ3n) is 2.13. The van der Waals surface area contributed by atoms with Crippen LogP contribution in [0.5, 0.6) is 0 Å². The molecular formula is C8H15NO4. The van der Waals surface area contributed by atoms with Gasteiger partial charge in [-0.3, -0.25) is 10.1 Å². The lowest BCUT2D eigenvalue weighted by Gasteiger charge is -2.30. The Hall–Kier alpha value is -0.680. The minimum absolute atomic E-state index is 0.144. The van der Waals surface area contributed by atoms with Crippen LogP contribution in [-0.4, -0.2) is 30.0 Å². The molecule has 0 aromatic carbocycles. The van der Waals surface area contributed by atoms with Gasteiger partial charge >= 0.3 is 0 Å². The van der Waals surface area contributed by atoms with Gasteiger partial charge in [-0.05, 0) is 6.42 Å². The van der Waals surface area contributed by atoms with Gasteiger partial charge in [-0.1, -0.05) is 13.3 Å². The average molecular weight is 189 g/mol. The smallest absolute Gasteiger partial charge is 0.265 e. The Labute approximate surface area is 77.2 Å². The van der Waals surface area contributed by atoms with Gasteiger partial charge < -0.3 is 9.47 Å². The Morgan fingerprint density at radius 3 is 2.46 bits per heavy atom. The summed E-state index contributed by atoms with van der Waals surface area (Å²) in [6.45, 7) is 3.85. The quantitative estimate of drug-likeness (QED) is 0.494.